The molecule has 0 saturated heterocycles. The van der Waals surface area contributed by atoms with Crippen molar-refractivity contribution in [2.45, 2.75) is 24.3 Å². The molecular weight excluding hydrogens is 252 g/mol. The number of benzene rings is 2. The number of hydrogen-bond donors (Lipinski definition) is 0. The van der Waals surface area contributed by atoms with Crippen molar-refractivity contribution in [1.82, 2.24) is 0 Å². The molecule has 1 nitrogen and oxygen atoms in total. The standard InChI is InChI=1S/C17H18OS/c1-2-16(17(18)15-11-7-4-8-12-15)19-13-14-9-5-3-6-10-14/h3-12,16H,2,13H2,1H3. The number of rotatable bonds is 6. The minimum atomic E-state index is 0.0441. The van der Waals surface area contributed by atoms with Crippen molar-refractivity contribution in [2.75, 3.05) is 0 Å². The molecular formula is C17H18OS. The fraction of sp³-hybridized carbons (Fsp3) is 0.235. The second-order valence-corrected chi connectivity index (χ2v) is 5.61. The van der Waals surface area contributed by atoms with Crippen molar-refractivity contribution in [3.05, 3.63) is 71.8 Å². The van der Waals surface area contributed by atoms with E-state index in [0.29, 0.717) is 0 Å². The highest BCUT2D eigenvalue weighted by molar-refractivity contribution is 7.99. The second-order valence-electron chi connectivity index (χ2n) is 4.42. The molecule has 0 aliphatic heterocycles. The van der Waals surface area contributed by atoms with Gasteiger partial charge in [0.15, 0.2) is 5.78 Å². The quantitative estimate of drug-likeness (QED) is 0.715. The molecule has 1 atom stereocenters. The first-order valence-corrected chi connectivity index (χ1v) is 7.61. The third-order valence-electron chi connectivity index (χ3n) is 3.02. The summed E-state index contributed by atoms with van der Waals surface area (Å²) in [6, 6.07) is 19.9. The number of Topliss-reactive ketones (excluding diaryl/α,β-unsaturated/α-hetero) is 1. The van der Waals surface area contributed by atoms with E-state index in [0.717, 1.165) is 17.7 Å². The Balaban J connectivity index is 1.99. The van der Waals surface area contributed by atoms with Crippen LogP contribution in [0.1, 0.15) is 29.3 Å². The van der Waals surface area contributed by atoms with E-state index in [1.165, 1.54) is 5.56 Å². The van der Waals surface area contributed by atoms with Crippen molar-refractivity contribution in [3.63, 3.8) is 0 Å². The van der Waals surface area contributed by atoms with Crippen molar-refractivity contribution in [3.8, 4) is 0 Å². The van der Waals surface area contributed by atoms with Gasteiger partial charge in [-0.05, 0) is 12.0 Å². The van der Waals surface area contributed by atoms with Gasteiger partial charge in [0, 0.05) is 11.3 Å². The normalized spacial score (nSPS) is 12.1. The van der Waals surface area contributed by atoms with Gasteiger partial charge >= 0.3 is 0 Å². The van der Waals surface area contributed by atoms with Gasteiger partial charge in [-0.3, -0.25) is 4.79 Å². The van der Waals surface area contributed by atoms with Crippen LogP contribution in [0.2, 0.25) is 0 Å². The Morgan fingerprint density at radius 3 is 2.16 bits per heavy atom. The highest BCUT2D eigenvalue weighted by Crippen LogP contribution is 2.23. The molecule has 0 bridgehead atoms. The van der Waals surface area contributed by atoms with Crippen molar-refractivity contribution < 1.29 is 4.79 Å². The van der Waals surface area contributed by atoms with Crippen LogP contribution in [0.4, 0.5) is 0 Å². The maximum Gasteiger partial charge on any atom is 0.175 e. The van der Waals surface area contributed by atoms with E-state index in [-0.39, 0.29) is 11.0 Å². The zero-order chi connectivity index (χ0) is 13.5. The number of carbonyl (C=O) groups excluding carboxylic acids is 1. The molecule has 0 spiro atoms. The van der Waals surface area contributed by atoms with E-state index in [1.54, 1.807) is 11.8 Å². The fourth-order valence-corrected chi connectivity index (χ4v) is 3.05. The predicted molar refractivity (Wildman–Crippen MR) is 82.6 cm³/mol. The summed E-state index contributed by atoms with van der Waals surface area (Å²) >= 11 is 1.73. The Morgan fingerprint density at radius 1 is 1.00 bits per heavy atom. The molecule has 0 fully saturated rings. The molecule has 2 aromatic rings. The molecule has 0 saturated carbocycles. The Kier molecular flexibility index (Phi) is 5.22. The third kappa shape index (κ3) is 3.97. The first kappa shape index (κ1) is 13.9. The van der Waals surface area contributed by atoms with Gasteiger partial charge in [-0.2, -0.15) is 0 Å². The molecule has 2 heteroatoms. The summed E-state index contributed by atoms with van der Waals surface area (Å²) in [5.41, 5.74) is 2.08. The van der Waals surface area contributed by atoms with Crippen molar-refractivity contribution in [1.29, 1.82) is 0 Å². The van der Waals surface area contributed by atoms with E-state index >= 15 is 0 Å². The maximum atomic E-state index is 12.4. The summed E-state index contributed by atoms with van der Waals surface area (Å²) in [5, 5.41) is 0.0441. The van der Waals surface area contributed by atoms with Crippen LogP contribution >= 0.6 is 11.8 Å². The van der Waals surface area contributed by atoms with Gasteiger partial charge in [-0.25, -0.2) is 0 Å². The van der Waals surface area contributed by atoms with Crippen LogP contribution < -0.4 is 0 Å². The summed E-state index contributed by atoms with van der Waals surface area (Å²) < 4.78 is 0. The third-order valence-corrected chi connectivity index (χ3v) is 4.47. The lowest BCUT2D eigenvalue weighted by Crippen LogP contribution is -2.16. The van der Waals surface area contributed by atoms with Crippen LogP contribution in [-0.4, -0.2) is 11.0 Å². The van der Waals surface area contributed by atoms with Gasteiger partial charge in [0.1, 0.15) is 0 Å². The Bertz CT molecular complexity index is 507. The van der Waals surface area contributed by atoms with Crippen LogP contribution in [0, 0.1) is 0 Å². The zero-order valence-electron chi connectivity index (χ0n) is 11.1. The highest BCUT2D eigenvalue weighted by Gasteiger charge is 2.18. The molecule has 0 aliphatic carbocycles. The molecule has 0 heterocycles. The number of ketones is 1. The van der Waals surface area contributed by atoms with Crippen molar-refractivity contribution in [2.24, 2.45) is 0 Å². The SMILES string of the molecule is CCC(SCc1ccccc1)C(=O)c1ccccc1. The minimum absolute atomic E-state index is 0.0441. The molecule has 0 aliphatic rings. The number of thioether (sulfide) groups is 1. The lowest BCUT2D eigenvalue weighted by atomic mass is 10.1. The lowest BCUT2D eigenvalue weighted by molar-refractivity contribution is 0.0988. The summed E-state index contributed by atoms with van der Waals surface area (Å²) in [6.07, 6.45) is 0.866. The summed E-state index contributed by atoms with van der Waals surface area (Å²) in [6.45, 7) is 2.07. The maximum absolute atomic E-state index is 12.4. The van der Waals surface area contributed by atoms with Crippen molar-refractivity contribution >= 4 is 17.5 Å². The molecule has 2 rings (SSSR count). The van der Waals surface area contributed by atoms with Crippen LogP contribution in [0.3, 0.4) is 0 Å². The van der Waals surface area contributed by atoms with E-state index in [9.17, 15) is 4.79 Å². The average Bonchev–Trinajstić information content (AvgIpc) is 2.49. The van der Waals surface area contributed by atoms with Gasteiger partial charge in [0.25, 0.3) is 0 Å². The second kappa shape index (κ2) is 7.15. The molecule has 0 N–H and O–H groups in total. The fourth-order valence-electron chi connectivity index (χ4n) is 1.94. The Morgan fingerprint density at radius 2 is 1.58 bits per heavy atom. The zero-order valence-corrected chi connectivity index (χ0v) is 11.9. The topological polar surface area (TPSA) is 17.1 Å². The van der Waals surface area contributed by atoms with Gasteiger partial charge in [0.05, 0.1) is 5.25 Å². The average molecular weight is 270 g/mol. The van der Waals surface area contributed by atoms with Gasteiger partial charge in [-0.1, -0.05) is 67.6 Å². The molecule has 0 aromatic heterocycles. The molecule has 1 unspecified atom stereocenters. The number of hydrogen-bond acceptors (Lipinski definition) is 2. The smallest absolute Gasteiger partial charge is 0.175 e. The predicted octanol–water partition coefficient (Wildman–Crippen LogP) is 4.58. The summed E-state index contributed by atoms with van der Waals surface area (Å²) in [7, 11) is 0. The van der Waals surface area contributed by atoms with Gasteiger partial charge < -0.3 is 0 Å². The first-order valence-electron chi connectivity index (χ1n) is 6.56. The van der Waals surface area contributed by atoms with Gasteiger partial charge in [0.2, 0.25) is 0 Å². The monoisotopic (exact) mass is 270 g/mol. The van der Waals surface area contributed by atoms with E-state index < -0.39 is 0 Å². The van der Waals surface area contributed by atoms with Crippen LogP contribution in [0.15, 0.2) is 60.7 Å². The summed E-state index contributed by atoms with van der Waals surface area (Å²) in [5.74, 6) is 1.13. The number of carbonyl (C=O) groups is 1. The Labute approximate surface area is 119 Å². The molecule has 0 radical (unpaired) electrons. The molecule has 0 amide bonds. The Hall–Kier alpha value is -1.54. The van der Waals surface area contributed by atoms with Crippen LogP contribution in [0.25, 0.3) is 0 Å². The largest absolute Gasteiger partial charge is 0.293 e. The summed E-state index contributed by atoms with van der Waals surface area (Å²) in [4.78, 5) is 12.4. The minimum Gasteiger partial charge on any atom is -0.293 e. The molecule has 2 aromatic carbocycles. The molecule has 98 valence electrons. The lowest BCUT2D eigenvalue weighted by Gasteiger charge is -2.13. The van der Waals surface area contributed by atoms with E-state index in [2.05, 4.69) is 19.1 Å². The van der Waals surface area contributed by atoms with Crippen LogP contribution in [0.5, 0.6) is 0 Å². The van der Waals surface area contributed by atoms with E-state index in [4.69, 9.17) is 0 Å². The van der Waals surface area contributed by atoms with Gasteiger partial charge in [-0.15, -0.1) is 11.8 Å². The molecule has 19 heavy (non-hydrogen) atoms. The highest BCUT2D eigenvalue weighted by atomic mass is 32.2. The first-order chi connectivity index (χ1) is 9.31. The van der Waals surface area contributed by atoms with Crippen LogP contribution in [-0.2, 0) is 5.75 Å². The van der Waals surface area contributed by atoms with E-state index in [1.807, 2.05) is 48.5 Å².